The first-order valence-electron chi connectivity index (χ1n) is 8.22. The zero-order valence-corrected chi connectivity index (χ0v) is 14.9. The van der Waals surface area contributed by atoms with Crippen LogP contribution in [0.1, 0.15) is 0 Å². The number of rotatable bonds is 5. The third-order valence-electron chi connectivity index (χ3n) is 4.25. The Morgan fingerprint density at radius 3 is 2.32 bits per heavy atom. The number of ether oxygens (including phenoxy) is 2. The number of carbonyl (C=O) groups is 1. The molecule has 5 nitrogen and oxygen atoms in total. The van der Waals surface area contributed by atoms with Gasteiger partial charge in [0.1, 0.15) is 0 Å². The van der Waals surface area contributed by atoms with E-state index in [1.165, 1.54) is 0 Å². The van der Waals surface area contributed by atoms with Crippen LogP contribution >= 0.6 is 11.6 Å². The van der Waals surface area contributed by atoms with Crippen LogP contribution in [0.5, 0.6) is 11.5 Å². The molecule has 0 bridgehead atoms. The topological polar surface area (TPSA) is 42.0 Å². The first-order chi connectivity index (χ1) is 12.2. The lowest BCUT2D eigenvalue weighted by molar-refractivity contribution is -0.133. The molecule has 0 spiro atoms. The van der Waals surface area contributed by atoms with Crippen molar-refractivity contribution < 1.29 is 14.3 Å². The maximum absolute atomic E-state index is 12.4. The number of methoxy groups -OCH3 is 1. The van der Waals surface area contributed by atoms with Crippen molar-refractivity contribution in [3.63, 3.8) is 0 Å². The SMILES string of the molecule is COc1ccccc1OCC(=O)N1CCN(c2ccccc2Cl)CC1. The number of anilines is 1. The molecule has 132 valence electrons. The number of hydrogen-bond donors (Lipinski definition) is 0. The van der Waals surface area contributed by atoms with Gasteiger partial charge in [0.25, 0.3) is 5.91 Å². The minimum Gasteiger partial charge on any atom is -0.493 e. The number of nitrogens with zero attached hydrogens (tertiary/aromatic N) is 2. The number of halogens is 1. The summed E-state index contributed by atoms with van der Waals surface area (Å²) in [4.78, 5) is 16.4. The number of carbonyl (C=O) groups excluding carboxylic acids is 1. The summed E-state index contributed by atoms with van der Waals surface area (Å²) in [5.74, 6) is 1.18. The summed E-state index contributed by atoms with van der Waals surface area (Å²) in [7, 11) is 1.58. The quantitative estimate of drug-likeness (QED) is 0.821. The van der Waals surface area contributed by atoms with Crippen LogP contribution in [0.25, 0.3) is 0 Å². The number of benzene rings is 2. The Hall–Kier alpha value is -2.40. The van der Waals surface area contributed by atoms with Crippen LogP contribution in [0.3, 0.4) is 0 Å². The first kappa shape index (κ1) is 17.4. The highest BCUT2D eigenvalue weighted by atomic mass is 35.5. The number of amides is 1. The van der Waals surface area contributed by atoms with Crippen molar-refractivity contribution in [3.8, 4) is 11.5 Å². The van der Waals surface area contributed by atoms with E-state index in [1.54, 1.807) is 13.2 Å². The maximum Gasteiger partial charge on any atom is 0.260 e. The van der Waals surface area contributed by atoms with Crippen LogP contribution in [0.15, 0.2) is 48.5 Å². The molecule has 0 atom stereocenters. The molecule has 0 aliphatic carbocycles. The van der Waals surface area contributed by atoms with E-state index in [9.17, 15) is 4.79 Å². The van der Waals surface area contributed by atoms with Crippen molar-refractivity contribution in [2.24, 2.45) is 0 Å². The minimum atomic E-state index is -0.0234. The molecule has 6 heteroatoms. The Labute approximate surface area is 152 Å². The maximum atomic E-state index is 12.4. The fraction of sp³-hybridized carbons (Fsp3) is 0.316. The third-order valence-corrected chi connectivity index (χ3v) is 4.57. The summed E-state index contributed by atoms with van der Waals surface area (Å²) in [5, 5.41) is 0.738. The van der Waals surface area contributed by atoms with Gasteiger partial charge in [0.05, 0.1) is 17.8 Å². The predicted octanol–water partition coefficient (Wildman–Crippen LogP) is 3.08. The second kappa shape index (κ2) is 8.12. The fourth-order valence-electron chi connectivity index (χ4n) is 2.87. The van der Waals surface area contributed by atoms with Crippen molar-refractivity contribution >= 4 is 23.2 Å². The van der Waals surface area contributed by atoms with E-state index < -0.39 is 0 Å². The zero-order chi connectivity index (χ0) is 17.6. The molecule has 0 aromatic heterocycles. The number of piperazine rings is 1. The number of hydrogen-bond acceptors (Lipinski definition) is 4. The molecular formula is C19H21ClN2O3. The monoisotopic (exact) mass is 360 g/mol. The van der Waals surface area contributed by atoms with Gasteiger partial charge in [-0.05, 0) is 24.3 Å². The van der Waals surface area contributed by atoms with Crippen molar-refractivity contribution in [3.05, 3.63) is 53.6 Å². The van der Waals surface area contributed by atoms with Gasteiger partial charge in [-0.3, -0.25) is 4.79 Å². The van der Waals surface area contributed by atoms with Gasteiger partial charge in [0.2, 0.25) is 0 Å². The molecule has 1 heterocycles. The van der Waals surface area contributed by atoms with Crippen LogP contribution in [-0.4, -0.2) is 50.7 Å². The molecule has 0 N–H and O–H groups in total. The molecule has 2 aromatic rings. The van der Waals surface area contributed by atoms with Gasteiger partial charge < -0.3 is 19.3 Å². The van der Waals surface area contributed by atoms with Gasteiger partial charge >= 0.3 is 0 Å². The Balaban J connectivity index is 1.53. The first-order valence-corrected chi connectivity index (χ1v) is 8.60. The van der Waals surface area contributed by atoms with Gasteiger partial charge in [-0.2, -0.15) is 0 Å². The average molecular weight is 361 g/mol. The molecule has 1 fully saturated rings. The molecule has 2 aromatic carbocycles. The van der Waals surface area contributed by atoms with Crippen molar-refractivity contribution in [1.82, 2.24) is 4.90 Å². The van der Waals surface area contributed by atoms with Crippen LogP contribution in [0.4, 0.5) is 5.69 Å². The molecule has 0 saturated carbocycles. The van der Waals surface area contributed by atoms with E-state index >= 15 is 0 Å². The highest BCUT2D eigenvalue weighted by Gasteiger charge is 2.22. The summed E-state index contributed by atoms with van der Waals surface area (Å²) < 4.78 is 10.9. The Kier molecular flexibility index (Phi) is 5.66. The minimum absolute atomic E-state index is 0.00642. The Morgan fingerprint density at radius 2 is 1.64 bits per heavy atom. The molecular weight excluding hydrogens is 340 g/mol. The predicted molar refractivity (Wildman–Crippen MR) is 98.7 cm³/mol. The van der Waals surface area contributed by atoms with E-state index in [0.717, 1.165) is 23.8 Å². The van der Waals surface area contributed by atoms with Crippen LogP contribution in [-0.2, 0) is 4.79 Å². The van der Waals surface area contributed by atoms with Gasteiger partial charge in [0, 0.05) is 26.2 Å². The summed E-state index contributed by atoms with van der Waals surface area (Å²) in [6.07, 6.45) is 0. The zero-order valence-electron chi connectivity index (χ0n) is 14.2. The van der Waals surface area contributed by atoms with Crippen molar-refractivity contribution in [1.29, 1.82) is 0 Å². The summed E-state index contributed by atoms with van der Waals surface area (Å²) >= 11 is 6.25. The van der Waals surface area contributed by atoms with Crippen LogP contribution < -0.4 is 14.4 Å². The molecule has 3 rings (SSSR count). The van der Waals surface area contributed by atoms with E-state index in [4.69, 9.17) is 21.1 Å². The molecule has 25 heavy (non-hydrogen) atoms. The van der Waals surface area contributed by atoms with Gasteiger partial charge in [-0.15, -0.1) is 0 Å². The fourth-order valence-corrected chi connectivity index (χ4v) is 3.13. The summed E-state index contributed by atoms with van der Waals surface area (Å²) in [6.45, 7) is 2.82. The third kappa shape index (κ3) is 4.17. The Morgan fingerprint density at radius 1 is 1.00 bits per heavy atom. The normalized spacial score (nSPS) is 14.3. The molecule has 1 aliphatic heterocycles. The molecule has 1 amide bonds. The Bertz CT molecular complexity index is 730. The van der Waals surface area contributed by atoms with Gasteiger partial charge in [0.15, 0.2) is 18.1 Å². The van der Waals surface area contributed by atoms with Crippen LogP contribution in [0.2, 0.25) is 5.02 Å². The largest absolute Gasteiger partial charge is 0.493 e. The molecule has 0 unspecified atom stereocenters. The summed E-state index contributed by atoms with van der Waals surface area (Å²) in [6, 6.07) is 15.1. The number of para-hydroxylation sites is 3. The lowest BCUT2D eigenvalue weighted by Crippen LogP contribution is -2.50. The second-order valence-electron chi connectivity index (χ2n) is 5.76. The van der Waals surface area contributed by atoms with Crippen LogP contribution in [0, 0.1) is 0 Å². The smallest absolute Gasteiger partial charge is 0.260 e. The lowest BCUT2D eigenvalue weighted by atomic mass is 10.2. The molecule has 1 aliphatic rings. The lowest BCUT2D eigenvalue weighted by Gasteiger charge is -2.36. The van der Waals surface area contributed by atoms with E-state index in [2.05, 4.69) is 4.90 Å². The summed E-state index contributed by atoms with van der Waals surface area (Å²) in [5.41, 5.74) is 1.02. The average Bonchev–Trinajstić information content (AvgIpc) is 2.67. The highest BCUT2D eigenvalue weighted by Crippen LogP contribution is 2.27. The molecule has 1 saturated heterocycles. The standard InChI is InChI=1S/C19H21ClN2O3/c1-24-17-8-4-5-9-18(17)25-14-19(23)22-12-10-21(11-13-22)16-7-3-2-6-15(16)20/h2-9H,10-14H2,1H3. The van der Waals surface area contributed by atoms with Gasteiger partial charge in [-0.1, -0.05) is 35.9 Å². The molecule has 0 radical (unpaired) electrons. The van der Waals surface area contributed by atoms with E-state index in [1.807, 2.05) is 47.4 Å². The highest BCUT2D eigenvalue weighted by molar-refractivity contribution is 6.33. The van der Waals surface area contributed by atoms with Gasteiger partial charge in [-0.25, -0.2) is 0 Å². The van der Waals surface area contributed by atoms with Crippen molar-refractivity contribution in [2.75, 3.05) is 44.8 Å². The van der Waals surface area contributed by atoms with E-state index in [-0.39, 0.29) is 12.5 Å². The second-order valence-corrected chi connectivity index (χ2v) is 6.17. The van der Waals surface area contributed by atoms with Crippen molar-refractivity contribution in [2.45, 2.75) is 0 Å². The van der Waals surface area contributed by atoms with E-state index in [0.29, 0.717) is 24.6 Å².